The third-order valence-corrected chi connectivity index (χ3v) is 6.14. The highest BCUT2D eigenvalue weighted by Gasteiger charge is 2.20. The van der Waals surface area contributed by atoms with Gasteiger partial charge in [0.25, 0.3) is 0 Å². The molecule has 0 fully saturated rings. The van der Waals surface area contributed by atoms with E-state index in [-0.39, 0.29) is 11.4 Å². The molecule has 2 aromatic heterocycles. The van der Waals surface area contributed by atoms with Crippen LogP contribution in [-0.4, -0.2) is 24.9 Å². The molecule has 0 bridgehead atoms. The number of nitrogens with one attached hydrogen (secondary N) is 2. The van der Waals surface area contributed by atoms with Gasteiger partial charge in [0.15, 0.2) is 0 Å². The molecule has 0 radical (unpaired) electrons. The van der Waals surface area contributed by atoms with E-state index in [1.54, 1.807) is 18.5 Å². The van der Waals surface area contributed by atoms with Crippen LogP contribution in [-0.2, 0) is 23.0 Å². The maximum atomic E-state index is 12.1. The summed E-state index contributed by atoms with van der Waals surface area (Å²) in [6, 6.07) is 1.59. The number of hydrogen-bond acceptors (Lipinski definition) is 5. The molecule has 2 heterocycles. The lowest BCUT2D eigenvalue weighted by Crippen LogP contribution is -2.26. The zero-order valence-corrected chi connectivity index (χ0v) is 13.1. The highest BCUT2D eigenvalue weighted by atomic mass is 79.9. The maximum absolute atomic E-state index is 12.1. The minimum Gasteiger partial charge on any atom is -0.349 e. The fraction of sp³-hybridized carbons (Fsp3) is 0.300. The number of sulfonamides is 1. The number of hydrogen-bond donors (Lipinski definition) is 3. The summed E-state index contributed by atoms with van der Waals surface area (Å²) in [5, 5.41) is 0. The predicted octanol–water partition coefficient (Wildman–Crippen LogP) is 1.21. The number of imidazole rings is 1. The summed E-state index contributed by atoms with van der Waals surface area (Å²) in [5.74, 6) is 0.745. The van der Waals surface area contributed by atoms with Crippen molar-refractivity contribution >= 4 is 37.3 Å². The summed E-state index contributed by atoms with van der Waals surface area (Å²) in [6.45, 7) is 0.612. The normalized spacial score (nSPS) is 11.9. The van der Waals surface area contributed by atoms with Crippen LogP contribution in [0.3, 0.4) is 0 Å². The van der Waals surface area contributed by atoms with Gasteiger partial charge in [-0.3, -0.25) is 0 Å². The smallest absolute Gasteiger partial charge is 0.242 e. The molecule has 6 nitrogen and oxygen atoms in total. The van der Waals surface area contributed by atoms with Gasteiger partial charge in [0.2, 0.25) is 10.0 Å². The van der Waals surface area contributed by atoms with Gasteiger partial charge in [-0.25, -0.2) is 18.1 Å². The first-order valence-electron chi connectivity index (χ1n) is 5.49. The van der Waals surface area contributed by atoms with Crippen molar-refractivity contribution in [2.24, 2.45) is 5.73 Å². The zero-order chi connectivity index (χ0) is 13.9. The van der Waals surface area contributed by atoms with Gasteiger partial charge in [-0.05, 0) is 22.0 Å². The number of aromatic amines is 1. The molecule has 0 saturated heterocycles. The molecular weight excluding hydrogens is 352 g/mol. The highest BCUT2D eigenvalue weighted by molar-refractivity contribution is 9.11. The second-order valence-corrected chi connectivity index (χ2v) is 7.93. The summed E-state index contributed by atoms with van der Waals surface area (Å²) < 4.78 is 27.3. The average Bonchev–Trinajstić information content (AvgIpc) is 2.98. The Balaban J connectivity index is 2.03. The Labute approximate surface area is 123 Å². The van der Waals surface area contributed by atoms with Crippen LogP contribution in [0.25, 0.3) is 0 Å². The molecule has 0 atom stereocenters. The average molecular weight is 365 g/mol. The SMILES string of the molecule is NCc1cc(S(=O)(=O)NCCc2ncc[nH]2)c(Br)s1. The van der Waals surface area contributed by atoms with E-state index < -0.39 is 10.0 Å². The summed E-state index contributed by atoms with van der Waals surface area (Å²) in [5.41, 5.74) is 5.50. The molecule has 0 aliphatic rings. The van der Waals surface area contributed by atoms with Crippen LogP contribution < -0.4 is 10.5 Å². The topological polar surface area (TPSA) is 101 Å². The molecule has 0 unspecified atom stereocenters. The Morgan fingerprint density at radius 3 is 2.89 bits per heavy atom. The Kier molecular flexibility index (Phi) is 4.74. The van der Waals surface area contributed by atoms with Gasteiger partial charge in [-0.1, -0.05) is 0 Å². The van der Waals surface area contributed by atoms with Gasteiger partial charge >= 0.3 is 0 Å². The van der Waals surface area contributed by atoms with E-state index >= 15 is 0 Å². The van der Waals surface area contributed by atoms with E-state index in [0.29, 0.717) is 16.8 Å². The zero-order valence-electron chi connectivity index (χ0n) is 9.89. The van der Waals surface area contributed by atoms with Crippen molar-refractivity contribution < 1.29 is 8.42 Å². The van der Waals surface area contributed by atoms with Crippen LogP contribution >= 0.6 is 27.3 Å². The summed E-state index contributed by atoms with van der Waals surface area (Å²) in [6.07, 6.45) is 3.84. The van der Waals surface area contributed by atoms with Crippen molar-refractivity contribution in [2.75, 3.05) is 6.54 Å². The molecule has 19 heavy (non-hydrogen) atoms. The number of halogens is 1. The number of thiophene rings is 1. The van der Waals surface area contributed by atoms with Crippen LogP contribution in [0.15, 0.2) is 27.1 Å². The van der Waals surface area contributed by atoms with E-state index in [4.69, 9.17) is 5.73 Å². The molecule has 0 aliphatic heterocycles. The minimum atomic E-state index is -3.52. The summed E-state index contributed by atoms with van der Waals surface area (Å²) in [4.78, 5) is 8.00. The molecule has 0 aliphatic carbocycles. The minimum absolute atomic E-state index is 0.234. The van der Waals surface area contributed by atoms with Crippen molar-refractivity contribution in [3.8, 4) is 0 Å². The van der Waals surface area contributed by atoms with Gasteiger partial charge in [0, 0.05) is 36.8 Å². The molecule has 0 spiro atoms. The van der Waals surface area contributed by atoms with Crippen molar-refractivity contribution in [3.63, 3.8) is 0 Å². The largest absolute Gasteiger partial charge is 0.349 e. The highest BCUT2D eigenvalue weighted by Crippen LogP contribution is 2.31. The van der Waals surface area contributed by atoms with Gasteiger partial charge in [-0.2, -0.15) is 0 Å². The van der Waals surface area contributed by atoms with Crippen LogP contribution in [0.5, 0.6) is 0 Å². The lowest BCUT2D eigenvalue weighted by Gasteiger charge is -2.04. The monoisotopic (exact) mass is 364 g/mol. The van der Waals surface area contributed by atoms with Crippen molar-refractivity contribution in [3.05, 3.63) is 32.9 Å². The first-order valence-corrected chi connectivity index (χ1v) is 8.58. The Morgan fingerprint density at radius 1 is 1.53 bits per heavy atom. The molecule has 0 saturated carbocycles. The number of nitrogens with zero attached hydrogens (tertiary/aromatic N) is 1. The quantitative estimate of drug-likeness (QED) is 0.716. The van der Waals surface area contributed by atoms with E-state index in [1.165, 1.54) is 11.3 Å². The number of nitrogens with two attached hydrogens (primary N) is 1. The maximum Gasteiger partial charge on any atom is 0.242 e. The van der Waals surface area contributed by atoms with Crippen LogP contribution in [0, 0.1) is 0 Å². The molecule has 4 N–H and O–H groups in total. The Hall–Kier alpha value is -0.740. The molecule has 104 valence electrons. The van der Waals surface area contributed by atoms with Crippen LogP contribution in [0.2, 0.25) is 0 Å². The van der Waals surface area contributed by atoms with Crippen LogP contribution in [0.4, 0.5) is 0 Å². The van der Waals surface area contributed by atoms with Gasteiger partial charge in [0.1, 0.15) is 10.7 Å². The Morgan fingerprint density at radius 2 is 2.32 bits per heavy atom. The fourth-order valence-electron chi connectivity index (χ4n) is 1.50. The second-order valence-electron chi connectivity index (χ2n) is 3.74. The molecule has 2 rings (SSSR count). The summed E-state index contributed by atoms with van der Waals surface area (Å²) >= 11 is 4.58. The number of rotatable bonds is 6. The molecule has 9 heteroatoms. The van der Waals surface area contributed by atoms with E-state index in [2.05, 4.69) is 30.6 Å². The van der Waals surface area contributed by atoms with E-state index in [9.17, 15) is 8.42 Å². The molecular formula is C10H13BrN4O2S2. The van der Waals surface area contributed by atoms with Crippen molar-refractivity contribution in [2.45, 2.75) is 17.9 Å². The number of H-pyrrole nitrogens is 1. The lowest BCUT2D eigenvalue weighted by molar-refractivity contribution is 0.581. The van der Waals surface area contributed by atoms with Crippen molar-refractivity contribution in [1.29, 1.82) is 0 Å². The first-order chi connectivity index (χ1) is 9.03. The molecule has 0 amide bonds. The lowest BCUT2D eigenvalue weighted by atomic mass is 10.4. The second kappa shape index (κ2) is 6.14. The van der Waals surface area contributed by atoms with Gasteiger partial charge < -0.3 is 10.7 Å². The first kappa shape index (κ1) is 14.7. The standard InChI is InChI=1S/C10H13BrN4O2S2/c11-10-8(5-7(6-12)18-10)19(16,17)15-2-1-9-13-3-4-14-9/h3-5,15H,1-2,6,12H2,(H,13,14). The molecule has 0 aromatic carbocycles. The third-order valence-electron chi connectivity index (χ3n) is 2.41. The van der Waals surface area contributed by atoms with Gasteiger partial charge in [-0.15, -0.1) is 11.3 Å². The fourth-order valence-corrected chi connectivity index (χ4v) is 5.09. The van der Waals surface area contributed by atoms with Crippen molar-refractivity contribution in [1.82, 2.24) is 14.7 Å². The predicted molar refractivity (Wildman–Crippen MR) is 77.4 cm³/mol. The van der Waals surface area contributed by atoms with E-state index in [1.807, 2.05) is 0 Å². The third kappa shape index (κ3) is 3.63. The van der Waals surface area contributed by atoms with Gasteiger partial charge in [0.05, 0.1) is 3.79 Å². The Bertz CT molecular complexity index is 637. The number of aromatic nitrogens is 2. The van der Waals surface area contributed by atoms with Crippen LogP contribution in [0.1, 0.15) is 10.7 Å². The molecule has 2 aromatic rings. The van der Waals surface area contributed by atoms with E-state index in [0.717, 1.165) is 10.7 Å². The summed E-state index contributed by atoms with van der Waals surface area (Å²) in [7, 11) is -3.52.